The van der Waals surface area contributed by atoms with E-state index in [2.05, 4.69) is 4.72 Å². The Hall–Kier alpha value is -1.99. The van der Waals surface area contributed by atoms with Gasteiger partial charge in [0.15, 0.2) is 0 Å². The van der Waals surface area contributed by atoms with Crippen LogP contribution in [0.4, 0.5) is 5.69 Å². The zero-order valence-corrected chi connectivity index (χ0v) is 13.1. The summed E-state index contributed by atoms with van der Waals surface area (Å²) in [5, 5.41) is 10.2. The highest BCUT2D eigenvalue weighted by molar-refractivity contribution is 7.92. The first-order valence-corrected chi connectivity index (χ1v) is 8.32. The molecule has 2 aromatic rings. The molecule has 1 aliphatic rings. The van der Waals surface area contributed by atoms with E-state index < -0.39 is 21.7 Å². The second-order valence-electron chi connectivity index (χ2n) is 5.87. The third-order valence-corrected chi connectivity index (χ3v) is 4.86. The average Bonchev–Trinajstić information content (AvgIpc) is 2.93. The van der Waals surface area contributed by atoms with Gasteiger partial charge in [-0.15, -0.1) is 0 Å². The minimum atomic E-state index is -3.76. The molecule has 22 heavy (non-hydrogen) atoms. The van der Waals surface area contributed by atoms with Crippen molar-refractivity contribution in [1.29, 1.82) is 0 Å². The van der Waals surface area contributed by atoms with Crippen molar-refractivity contribution < 1.29 is 22.7 Å². The number of aliphatic hydroxyl groups excluding tert-OH is 1. The van der Waals surface area contributed by atoms with Crippen LogP contribution >= 0.6 is 0 Å². The molecule has 0 spiro atoms. The summed E-state index contributed by atoms with van der Waals surface area (Å²) < 4.78 is 37.8. The van der Waals surface area contributed by atoms with Crippen LogP contribution in [-0.4, -0.2) is 19.1 Å². The van der Waals surface area contributed by atoms with E-state index >= 15 is 0 Å². The summed E-state index contributed by atoms with van der Waals surface area (Å²) in [7, 11) is -3.76. The molecule has 3 rings (SSSR count). The topological polar surface area (TPSA) is 88.8 Å². The van der Waals surface area contributed by atoms with E-state index in [9.17, 15) is 13.5 Å². The van der Waals surface area contributed by atoms with Gasteiger partial charge in [-0.3, -0.25) is 4.72 Å². The standard InChI is InChI=1S/C15H17NO5S/c1-15(2)8-13(17)11-4-3-5-12(14(11)21-15)16-22(18,19)10-6-7-20-9-10/h3-7,9,13,16-17H,8H2,1-2H3. The van der Waals surface area contributed by atoms with Gasteiger partial charge in [0.2, 0.25) is 0 Å². The van der Waals surface area contributed by atoms with Crippen LogP contribution < -0.4 is 9.46 Å². The Morgan fingerprint density at radius 3 is 2.77 bits per heavy atom. The van der Waals surface area contributed by atoms with Crippen molar-refractivity contribution in [2.45, 2.75) is 36.9 Å². The van der Waals surface area contributed by atoms with Gasteiger partial charge in [-0.25, -0.2) is 8.42 Å². The fourth-order valence-corrected chi connectivity index (χ4v) is 3.50. The molecule has 118 valence electrons. The van der Waals surface area contributed by atoms with Gasteiger partial charge in [0.25, 0.3) is 10.0 Å². The molecule has 6 nitrogen and oxygen atoms in total. The smallest absolute Gasteiger partial charge is 0.265 e. The molecule has 0 radical (unpaired) electrons. The molecular weight excluding hydrogens is 306 g/mol. The lowest BCUT2D eigenvalue weighted by atomic mass is 9.91. The minimum Gasteiger partial charge on any atom is -0.485 e. The molecule has 2 N–H and O–H groups in total. The second kappa shape index (κ2) is 5.03. The van der Waals surface area contributed by atoms with Gasteiger partial charge < -0.3 is 14.3 Å². The Morgan fingerprint density at radius 1 is 1.32 bits per heavy atom. The molecule has 1 unspecified atom stereocenters. The first kappa shape index (κ1) is 14.9. The van der Waals surface area contributed by atoms with Gasteiger partial charge in [0.05, 0.1) is 18.1 Å². The van der Waals surface area contributed by atoms with Crippen LogP contribution in [0.2, 0.25) is 0 Å². The SMILES string of the molecule is CC1(C)CC(O)c2cccc(NS(=O)(=O)c3ccoc3)c2O1. The van der Waals surface area contributed by atoms with Crippen molar-refractivity contribution in [3.63, 3.8) is 0 Å². The highest BCUT2D eigenvalue weighted by atomic mass is 32.2. The second-order valence-corrected chi connectivity index (χ2v) is 7.55. The lowest BCUT2D eigenvalue weighted by molar-refractivity contribution is 0.0122. The maximum atomic E-state index is 12.3. The number of nitrogens with one attached hydrogen (secondary N) is 1. The van der Waals surface area contributed by atoms with E-state index in [0.717, 1.165) is 6.26 Å². The molecule has 7 heteroatoms. The number of hydrogen-bond donors (Lipinski definition) is 2. The molecular formula is C15H17NO5S. The number of furan rings is 1. The van der Waals surface area contributed by atoms with Gasteiger partial charge in [0, 0.05) is 12.0 Å². The van der Waals surface area contributed by atoms with Crippen molar-refractivity contribution in [1.82, 2.24) is 0 Å². The Labute approximate surface area is 128 Å². The van der Waals surface area contributed by atoms with Crippen LogP contribution in [0.25, 0.3) is 0 Å². The Bertz CT molecular complexity index is 780. The molecule has 0 aliphatic carbocycles. The normalized spacial score (nSPS) is 20.0. The Balaban J connectivity index is 2.02. The molecule has 0 fully saturated rings. The molecule has 0 saturated carbocycles. The lowest BCUT2D eigenvalue weighted by Gasteiger charge is -2.36. The predicted molar refractivity (Wildman–Crippen MR) is 80.2 cm³/mol. The summed E-state index contributed by atoms with van der Waals surface area (Å²) >= 11 is 0. The van der Waals surface area contributed by atoms with Crippen LogP contribution in [-0.2, 0) is 10.0 Å². The van der Waals surface area contributed by atoms with Gasteiger partial charge in [-0.2, -0.15) is 0 Å². The highest BCUT2D eigenvalue weighted by Gasteiger charge is 2.34. The Morgan fingerprint density at radius 2 is 2.09 bits per heavy atom. The quantitative estimate of drug-likeness (QED) is 0.906. The molecule has 0 saturated heterocycles. The van der Waals surface area contributed by atoms with Crippen molar-refractivity contribution in [2.75, 3.05) is 4.72 Å². The first-order chi connectivity index (χ1) is 10.3. The number of rotatable bonds is 3. The first-order valence-electron chi connectivity index (χ1n) is 6.83. The third kappa shape index (κ3) is 2.69. The monoisotopic (exact) mass is 323 g/mol. The molecule has 1 aromatic heterocycles. The molecule has 2 heterocycles. The molecule has 1 atom stereocenters. The van der Waals surface area contributed by atoms with Crippen molar-refractivity contribution >= 4 is 15.7 Å². The zero-order valence-electron chi connectivity index (χ0n) is 12.2. The Kier molecular flexibility index (Phi) is 3.41. The maximum absolute atomic E-state index is 12.3. The van der Waals surface area contributed by atoms with E-state index in [1.165, 1.54) is 12.3 Å². The fraction of sp³-hybridized carbons (Fsp3) is 0.333. The zero-order chi connectivity index (χ0) is 16.0. The molecule has 0 amide bonds. The van der Waals surface area contributed by atoms with Crippen LogP contribution in [0.15, 0.2) is 46.1 Å². The van der Waals surface area contributed by atoms with Gasteiger partial charge in [0.1, 0.15) is 22.5 Å². The molecule has 1 aromatic carbocycles. The van der Waals surface area contributed by atoms with Gasteiger partial charge in [-0.1, -0.05) is 12.1 Å². The summed E-state index contributed by atoms with van der Waals surface area (Å²) in [5.41, 5.74) is 0.293. The van der Waals surface area contributed by atoms with Crippen LogP contribution in [0.5, 0.6) is 5.75 Å². The summed E-state index contributed by atoms with van der Waals surface area (Å²) in [4.78, 5) is 0.0284. The number of anilines is 1. The van der Waals surface area contributed by atoms with Crippen LogP contribution in [0.1, 0.15) is 31.9 Å². The fourth-order valence-electron chi connectivity index (χ4n) is 2.51. The van der Waals surface area contributed by atoms with Crippen molar-refractivity contribution in [2.24, 2.45) is 0 Å². The number of ether oxygens (including phenoxy) is 1. The van der Waals surface area contributed by atoms with E-state index in [1.807, 2.05) is 13.8 Å². The number of benzene rings is 1. The van der Waals surface area contributed by atoms with Crippen molar-refractivity contribution in [3.05, 3.63) is 42.4 Å². The number of para-hydroxylation sites is 1. The van der Waals surface area contributed by atoms with E-state index in [1.54, 1.807) is 18.2 Å². The average molecular weight is 323 g/mol. The minimum absolute atomic E-state index is 0.0284. The summed E-state index contributed by atoms with van der Waals surface area (Å²) in [6.07, 6.45) is 2.19. The van der Waals surface area contributed by atoms with E-state index in [0.29, 0.717) is 23.4 Å². The van der Waals surface area contributed by atoms with Gasteiger partial charge in [-0.05, 0) is 26.0 Å². The predicted octanol–water partition coefficient (Wildman–Crippen LogP) is 2.67. The summed E-state index contributed by atoms with van der Waals surface area (Å²) in [5.74, 6) is 0.360. The third-order valence-electron chi connectivity index (χ3n) is 3.52. The highest BCUT2D eigenvalue weighted by Crippen LogP contribution is 2.44. The van der Waals surface area contributed by atoms with Gasteiger partial charge >= 0.3 is 0 Å². The number of fused-ring (bicyclic) bond motifs is 1. The molecule has 1 aliphatic heterocycles. The van der Waals surface area contributed by atoms with Crippen LogP contribution in [0, 0.1) is 0 Å². The maximum Gasteiger partial charge on any atom is 0.265 e. The lowest BCUT2D eigenvalue weighted by Crippen LogP contribution is -2.35. The molecule has 0 bridgehead atoms. The largest absolute Gasteiger partial charge is 0.485 e. The van der Waals surface area contributed by atoms with E-state index in [4.69, 9.17) is 9.15 Å². The van der Waals surface area contributed by atoms with Crippen molar-refractivity contribution in [3.8, 4) is 5.75 Å². The number of aliphatic hydroxyl groups is 1. The number of sulfonamides is 1. The van der Waals surface area contributed by atoms with E-state index in [-0.39, 0.29) is 4.90 Å². The van der Waals surface area contributed by atoms with Crippen LogP contribution in [0.3, 0.4) is 0 Å². The number of hydrogen-bond acceptors (Lipinski definition) is 5. The summed E-state index contributed by atoms with van der Waals surface area (Å²) in [6.45, 7) is 3.70. The summed E-state index contributed by atoms with van der Waals surface area (Å²) in [6, 6.07) is 6.36.